The van der Waals surface area contributed by atoms with Crippen LogP contribution < -0.4 is 26.4 Å². The summed E-state index contributed by atoms with van der Waals surface area (Å²) in [5.41, 5.74) is 2.45. The molecule has 0 spiro atoms. The minimum Gasteiger partial charge on any atom is -1.00 e. The molecule has 0 unspecified atom stereocenters. The SMILES string of the molecule is COc1cc2c[n+](C)c3ccc(C)cc3c2cc1OC.[Cl-]. The van der Waals surface area contributed by atoms with E-state index >= 15 is 0 Å². The molecule has 1 heterocycles. The van der Waals surface area contributed by atoms with E-state index in [-0.39, 0.29) is 12.4 Å². The van der Waals surface area contributed by atoms with Gasteiger partial charge < -0.3 is 21.9 Å². The molecule has 3 rings (SSSR count). The van der Waals surface area contributed by atoms with E-state index in [2.05, 4.69) is 49.0 Å². The van der Waals surface area contributed by atoms with Crippen molar-refractivity contribution in [2.75, 3.05) is 14.2 Å². The molecule has 0 saturated heterocycles. The van der Waals surface area contributed by atoms with Gasteiger partial charge >= 0.3 is 0 Å². The normalized spacial score (nSPS) is 10.5. The van der Waals surface area contributed by atoms with Crippen LogP contribution >= 0.6 is 0 Å². The lowest BCUT2D eigenvalue weighted by Crippen LogP contribution is -3.00. The maximum atomic E-state index is 5.42. The predicted molar refractivity (Wildman–Crippen MR) is 80.5 cm³/mol. The van der Waals surface area contributed by atoms with Gasteiger partial charge in [-0.1, -0.05) is 11.6 Å². The molecule has 21 heavy (non-hydrogen) atoms. The topological polar surface area (TPSA) is 22.3 Å². The Kier molecular flexibility index (Phi) is 4.24. The minimum atomic E-state index is 0. The molecule has 110 valence electrons. The zero-order chi connectivity index (χ0) is 14.3. The molecule has 0 N–H and O–H groups in total. The molecule has 0 aliphatic heterocycles. The van der Waals surface area contributed by atoms with Gasteiger partial charge in [0.15, 0.2) is 17.7 Å². The molecule has 2 aromatic carbocycles. The van der Waals surface area contributed by atoms with Crippen LogP contribution in [0.4, 0.5) is 0 Å². The first-order valence-electron chi connectivity index (χ1n) is 6.59. The van der Waals surface area contributed by atoms with E-state index < -0.39 is 0 Å². The molecule has 0 bridgehead atoms. The highest BCUT2D eigenvalue weighted by atomic mass is 35.5. The number of methoxy groups -OCH3 is 2. The van der Waals surface area contributed by atoms with Crippen molar-refractivity contribution in [1.82, 2.24) is 0 Å². The van der Waals surface area contributed by atoms with Gasteiger partial charge in [-0.3, -0.25) is 0 Å². The minimum absolute atomic E-state index is 0. The number of fused-ring (bicyclic) bond motifs is 3. The zero-order valence-electron chi connectivity index (χ0n) is 12.6. The number of halogens is 1. The first-order chi connectivity index (χ1) is 9.63. The summed E-state index contributed by atoms with van der Waals surface area (Å²) >= 11 is 0. The lowest BCUT2D eigenvalue weighted by atomic mass is 10.0. The van der Waals surface area contributed by atoms with Crippen LogP contribution in [0, 0.1) is 6.92 Å². The highest BCUT2D eigenvalue weighted by molar-refractivity contribution is 6.05. The molecule has 0 aliphatic carbocycles. The smallest absolute Gasteiger partial charge is 0.212 e. The lowest BCUT2D eigenvalue weighted by Gasteiger charge is -2.10. The fraction of sp³-hybridized carbons (Fsp3) is 0.235. The summed E-state index contributed by atoms with van der Waals surface area (Å²) in [7, 11) is 5.39. The predicted octanol–water partition coefficient (Wildman–Crippen LogP) is 0.147. The number of hydrogen-bond donors (Lipinski definition) is 0. The molecular formula is C17H18ClNO2. The number of pyridine rings is 1. The number of nitrogens with zero attached hydrogens (tertiary/aromatic N) is 1. The largest absolute Gasteiger partial charge is 1.00 e. The summed E-state index contributed by atoms with van der Waals surface area (Å²) in [6.07, 6.45) is 2.12. The number of benzene rings is 2. The summed E-state index contributed by atoms with van der Waals surface area (Å²) in [6.45, 7) is 2.11. The second kappa shape index (κ2) is 5.78. The number of hydrogen-bond acceptors (Lipinski definition) is 2. The molecule has 0 atom stereocenters. The molecular weight excluding hydrogens is 286 g/mol. The molecule has 0 fully saturated rings. The Morgan fingerprint density at radius 1 is 0.905 bits per heavy atom. The van der Waals surface area contributed by atoms with Crippen molar-refractivity contribution in [2.24, 2.45) is 7.05 Å². The molecule has 3 aromatic rings. The van der Waals surface area contributed by atoms with E-state index in [0.29, 0.717) is 0 Å². The van der Waals surface area contributed by atoms with E-state index in [1.807, 2.05) is 6.07 Å². The molecule has 3 nitrogen and oxygen atoms in total. The number of aromatic nitrogens is 1. The maximum Gasteiger partial charge on any atom is 0.212 e. The Labute approximate surface area is 130 Å². The zero-order valence-corrected chi connectivity index (χ0v) is 13.4. The standard InChI is InChI=1S/C17H18NO2.ClH/c1-11-5-6-15-14(7-11)13-9-17(20-4)16(19-3)8-12(13)10-18(15)2;/h5-10H,1-4H3;1H/q+1;/p-1. The molecule has 0 radical (unpaired) electrons. The summed E-state index contributed by atoms with van der Waals surface area (Å²) < 4.78 is 12.9. The van der Waals surface area contributed by atoms with E-state index in [9.17, 15) is 0 Å². The van der Waals surface area contributed by atoms with Crippen molar-refractivity contribution in [1.29, 1.82) is 0 Å². The van der Waals surface area contributed by atoms with Gasteiger partial charge in [-0.25, -0.2) is 4.57 Å². The maximum absolute atomic E-state index is 5.42. The van der Waals surface area contributed by atoms with Crippen LogP contribution in [0.25, 0.3) is 21.7 Å². The molecule has 0 aliphatic rings. The average molecular weight is 304 g/mol. The summed E-state index contributed by atoms with van der Waals surface area (Å²) in [4.78, 5) is 0. The lowest BCUT2D eigenvalue weighted by molar-refractivity contribution is -0.643. The van der Waals surface area contributed by atoms with Crippen molar-refractivity contribution in [3.05, 3.63) is 42.1 Å². The molecule has 4 heteroatoms. The van der Waals surface area contributed by atoms with Gasteiger partial charge in [0.1, 0.15) is 7.05 Å². The third kappa shape index (κ3) is 2.49. The molecule has 0 amide bonds. The fourth-order valence-corrected chi connectivity index (χ4v) is 2.69. The first kappa shape index (κ1) is 15.4. The first-order valence-corrected chi connectivity index (χ1v) is 6.59. The van der Waals surface area contributed by atoms with Gasteiger partial charge in [0.2, 0.25) is 5.52 Å². The van der Waals surface area contributed by atoms with Crippen molar-refractivity contribution >= 4 is 21.7 Å². The van der Waals surface area contributed by atoms with E-state index in [1.165, 1.54) is 21.9 Å². The Balaban J connectivity index is 0.00000161. The number of aryl methyl sites for hydroxylation is 2. The Hall–Kier alpha value is -2.00. The third-order valence-electron chi connectivity index (χ3n) is 3.71. The van der Waals surface area contributed by atoms with Crippen molar-refractivity contribution in [3.8, 4) is 11.5 Å². The van der Waals surface area contributed by atoms with Crippen LogP contribution in [0.3, 0.4) is 0 Å². The van der Waals surface area contributed by atoms with E-state index in [0.717, 1.165) is 16.9 Å². The Bertz CT molecular complexity index is 815. The van der Waals surface area contributed by atoms with Crippen LogP contribution in [-0.2, 0) is 7.05 Å². The van der Waals surface area contributed by atoms with Crippen LogP contribution in [0.15, 0.2) is 36.5 Å². The molecule has 0 saturated carbocycles. The van der Waals surface area contributed by atoms with Crippen LogP contribution in [0.5, 0.6) is 11.5 Å². The van der Waals surface area contributed by atoms with Gasteiger partial charge in [0.25, 0.3) is 0 Å². The van der Waals surface area contributed by atoms with Gasteiger partial charge in [0, 0.05) is 11.5 Å². The number of ether oxygens (including phenoxy) is 2. The second-order valence-corrected chi connectivity index (χ2v) is 5.06. The van der Waals surface area contributed by atoms with E-state index in [4.69, 9.17) is 9.47 Å². The average Bonchev–Trinajstić information content (AvgIpc) is 2.46. The van der Waals surface area contributed by atoms with Gasteiger partial charge in [-0.15, -0.1) is 0 Å². The van der Waals surface area contributed by atoms with Crippen LogP contribution in [-0.4, -0.2) is 14.2 Å². The van der Waals surface area contributed by atoms with Crippen molar-refractivity contribution in [3.63, 3.8) is 0 Å². The van der Waals surface area contributed by atoms with Crippen molar-refractivity contribution in [2.45, 2.75) is 6.92 Å². The monoisotopic (exact) mass is 303 g/mol. The van der Waals surface area contributed by atoms with E-state index in [1.54, 1.807) is 14.2 Å². The van der Waals surface area contributed by atoms with Crippen LogP contribution in [0.1, 0.15) is 5.56 Å². The van der Waals surface area contributed by atoms with Gasteiger partial charge in [-0.2, -0.15) is 0 Å². The quantitative estimate of drug-likeness (QED) is 0.497. The Morgan fingerprint density at radius 3 is 2.24 bits per heavy atom. The molecule has 1 aromatic heterocycles. The van der Waals surface area contributed by atoms with Crippen LogP contribution in [0.2, 0.25) is 0 Å². The number of rotatable bonds is 2. The fourth-order valence-electron chi connectivity index (χ4n) is 2.69. The summed E-state index contributed by atoms with van der Waals surface area (Å²) in [5, 5.41) is 3.55. The summed E-state index contributed by atoms with van der Waals surface area (Å²) in [5.74, 6) is 1.52. The van der Waals surface area contributed by atoms with Gasteiger partial charge in [0.05, 0.1) is 25.0 Å². The Morgan fingerprint density at radius 2 is 1.57 bits per heavy atom. The summed E-state index contributed by atoms with van der Waals surface area (Å²) in [6, 6.07) is 10.6. The van der Waals surface area contributed by atoms with Crippen molar-refractivity contribution < 1.29 is 26.4 Å². The highest BCUT2D eigenvalue weighted by Crippen LogP contribution is 2.34. The third-order valence-corrected chi connectivity index (χ3v) is 3.71. The second-order valence-electron chi connectivity index (χ2n) is 5.06. The van der Waals surface area contributed by atoms with Gasteiger partial charge in [-0.05, 0) is 25.1 Å². The highest BCUT2D eigenvalue weighted by Gasteiger charge is 2.14.